The van der Waals surface area contributed by atoms with Crippen molar-refractivity contribution >= 4 is 35.4 Å². The van der Waals surface area contributed by atoms with E-state index in [1.807, 2.05) is 57.2 Å². The molecule has 12 heteroatoms. The highest BCUT2D eigenvalue weighted by atomic mass is 16.2. The molecule has 0 radical (unpaired) electrons. The second kappa shape index (κ2) is 23.7. The van der Waals surface area contributed by atoms with Crippen LogP contribution >= 0.6 is 0 Å². The minimum atomic E-state index is -0.823. The van der Waals surface area contributed by atoms with Gasteiger partial charge in [0.1, 0.15) is 6.04 Å². The number of benzene rings is 3. The van der Waals surface area contributed by atoms with Gasteiger partial charge >= 0.3 is 0 Å². The number of piperazine rings is 1. The summed E-state index contributed by atoms with van der Waals surface area (Å²) in [6, 6.07) is 25.7. The molecule has 4 fully saturated rings. The van der Waals surface area contributed by atoms with E-state index in [1.54, 1.807) is 39.0 Å². The average Bonchev–Trinajstić information content (AvgIpc) is 4.26. The molecule has 2 aliphatic heterocycles. The number of hydrogen-bond acceptors (Lipinski definition) is 6. The molecule has 2 heterocycles. The predicted octanol–water partition coefficient (Wildman–Crippen LogP) is 8.24. The van der Waals surface area contributed by atoms with Crippen LogP contribution in [0.2, 0.25) is 0 Å². The number of carbonyl (C=O) groups is 6. The average molecular weight is 929 g/mol. The van der Waals surface area contributed by atoms with Crippen LogP contribution in [0.1, 0.15) is 161 Å². The van der Waals surface area contributed by atoms with Gasteiger partial charge in [0.15, 0.2) is 0 Å². The number of nitrogens with one attached hydrogen (secondary N) is 3. The summed E-state index contributed by atoms with van der Waals surface area (Å²) >= 11 is 0. The van der Waals surface area contributed by atoms with Gasteiger partial charge in [-0.2, -0.15) is 0 Å². The molecule has 2 saturated heterocycles. The first-order valence-electron chi connectivity index (χ1n) is 25.8. The van der Waals surface area contributed by atoms with Gasteiger partial charge in [-0.1, -0.05) is 159 Å². The Kier molecular flexibility index (Phi) is 17.5. The minimum absolute atomic E-state index is 0.0231. The Hall–Kier alpha value is -5.52. The van der Waals surface area contributed by atoms with Crippen molar-refractivity contribution in [2.45, 2.75) is 148 Å². The lowest BCUT2D eigenvalue weighted by atomic mass is 9.93. The number of carbonyl (C=O) groups excluding carboxylic acids is 6. The first-order chi connectivity index (χ1) is 32.8. The van der Waals surface area contributed by atoms with Crippen molar-refractivity contribution in [3.63, 3.8) is 0 Å². The fourth-order valence-corrected chi connectivity index (χ4v) is 10.2. The molecule has 7 rings (SSSR count). The second-order valence-electron chi connectivity index (χ2n) is 20.9. The van der Waals surface area contributed by atoms with E-state index in [-0.39, 0.29) is 92.1 Å². The van der Waals surface area contributed by atoms with Gasteiger partial charge in [-0.3, -0.25) is 28.8 Å². The topological polar surface area (TPSA) is 148 Å². The summed E-state index contributed by atoms with van der Waals surface area (Å²) in [5.74, 6) is -2.44. The molecule has 7 atom stereocenters. The van der Waals surface area contributed by atoms with Crippen molar-refractivity contribution in [3.05, 3.63) is 107 Å². The van der Waals surface area contributed by atoms with E-state index < -0.39 is 23.3 Å². The third-order valence-corrected chi connectivity index (χ3v) is 14.6. The van der Waals surface area contributed by atoms with Crippen LogP contribution in [0.4, 0.5) is 0 Å². The zero-order valence-corrected chi connectivity index (χ0v) is 41.1. The SMILES string of the molecule is CCCCCCCCCCCCCCNC(=O)[C@@H]1CN(C(=O)c2ccc(C(=O)N3CC(C(=O)N[C@H]4C[C@@H]4c4ccccc4)C(C(=O)N[C@H]4C[C@@H]4c4ccccc4)C3)cc2)CCN1C(=O)C(C)(C)C. The molecule has 12 nitrogen and oxygen atoms in total. The van der Waals surface area contributed by atoms with Gasteiger partial charge in [0.25, 0.3) is 11.8 Å². The van der Waals surface area contributed by atoms with Crippen molar-refractivity contribution in [1.82, 2.24) is 30.7 Å². The van der Waals surface area contributed by atoms with Gasteiger partial charge in [-0.05, 0) is 54.7 Å². The molecule has 3 aromatic carbocycles. The van der Waals surface area contributed by atoms with Crippen LogP contribution in [0.15, 0.2) is 84.9 Å². The maximum atomic E-state index is 14.1. The van der Waals surface area contributed by atoms with Crippen molar-refractivity contribution in [2.24, 2.45) is 17.3 Å². The number of nitrogens with zero attached hydrogens (tertiary/aromatic N) is 3. The first kappa shape index (κ1) is 50.4. The summed E-state index contributed by atoms with van der Waals surface area (Å²) in [6.45, 7) is 9.04. The fraction of sp³-hybridized carbons (Fsp3) is 0.571. The van der Waals surface area contributed by atoms with E-state index in [0.29, 0.717) is 17.7 Å². The number of unbranched alkanes of at least 4 members (excludes halogenated alkanes) is 11. The van der Waals surface area contributed by atoms with Crippen LogP contribution in [0, 0.1) is 17.3 Å². The highest BCUT2D eigenvalue weighted by Crippen LogP contribution is 2.43. The highest BCUT2D eigenvalue weighted by Gasteiger charge is 2.49. The molecule has 366 valence electrons. The van der Waals surface area contributed by atoms with Crippen LogP contribution < -0.4 is 16.0 Å². The third-order valence-electron chi connectivity index (χ3n) is 14.6. The van der Waals surface area contributed by atoms with Gasteiger partial charge in [-0.25, -0.2) is 0 Å². The van der Waals surface area contributed by atoms with Crippen molar-refractivity contribution in [1.29, 1.82) is 0 Å². The van der Waals surface area contributed by atoms with E-state index in [0.717, 1.165) is 32.1 Å². The zero-order valence-electron chi connectivity index (χ0n) is 41.1. The molecule has 0 aromatic heterocycles. The van der Waals surface area contributed by atoms with E-state index in [9.17, 15) is 28.8 Å². The fourth-order valence-electron chi connectivity index (χ4n) is 10.2. The van der Waals surface area contributed by atoms with Gasteiger partial charge in [0, 0.05) is 73.2 Å². The predicted molar refractivity (Wildman–Crippen MR) is 266 cm³/mol. The van der Waals surface area contributed by atoms with Gasteiger partial charge in [-0.15, -0.1) is 0 Å². The third kappa shape index (κ3) is 13.4. The Morgan fingerprint density at radius 3 is 1.43 bits per heavy atom. The van der Waals surface area contributed by atoms with Crippen molar-refractivity contribution in [2.75, 3.05) is 39.3 Å². The smallest absolute Gasteiger partial charge is 0.253 e. The normalized spacial score (nSPS) is 23.2. The number of likely N-dealkylation sites (tertiary alicyclic amines) is 1. The molecule has 3 N–H and O–H groups in total. The Morgan fingerprint density at radius 2 is 0.971 bits per heavy atom. The van der Waals surface area contributed by atoms with Crippen molar-refractivity contribution in [3.8, 4) is 0 Å². The second-order valence-corrected chi connectivity index (χ2v) is 20.9. The molecular formula is C56H76N6O6. The van der Waals surface area contributed by atoms with Gasteiger partial charge in [0.05, 0.1) is 18.4 Å². The molecule has 4 aliphatic rings. The quantitative estimate of drug-likeness (QED) is 0.0866. The van der Waals surface area contributed by atoms with E-state index >= 15 is 0 Å². The zero-order chi connectivity index (χ0) is 48.2. The van der Waals surface area contributed by atoms with Crippen LogP contribution in [0.5, 0.6) is 0 Å². The van der Waals surface area contributed by atoms with E-state index in [2.05, 4.69) is 47.1 Å². The Labute approximate surface area is 404 Å². The molecule has 0 spiro atoms. The maximum Gasteiger partial charge on any atom is 0.253 e. The monoisotopic (exact) mass is 929 g/mol. The van der Waals surface area contributed by atoms with E-state index in [1.165, 1.54) is 68.9 Å². The maximum absolute atomic E-state index is 14.1. The molecule has 2 aliphatic carbocycles. The summed E-state index contributed by atoms with van der Waals surface area (Å²) in [5, 5.41) is 9.45. The van der Waals surface area contributed by atoms with Crippen LogP contribution in [-0.2, 0) is 19.2 Å². The highest BCUT2D eigenvalue weighted by molar-refractivity contribution is 6.00. The molecule has 2 saturated carbocycles. The lowest BCUT2D eigenvalue weighted by Crippen LogP contribution is -2.63. The Bertz CT molecular complexity index is 2100. The number of hydrogen-bond donors (Lipinski definition) is 3. The summed E-state index contributed by atoms with van der Waals surface area (Å²) in [4.78, 5) is 88.2. The minimum Gasteiger partial charge on any atom is -0.354 e. The molecule has 2 unspecified atom stereocenters. The Morgan fingerprint density at radius 1 is 0.529 bits per heavy atom. The Balaban J connectivity index is 0.934. The number of rotatable bonds is 22. The van der Waals surface area contributed by atoms with Crippen molar-refractivity contribution < 1.29 is 28.8 Å². The molecule has 3 aromatic rings. The molecule has 68 heavy (non-hydrogen) atoms. The van der Waals surface area contributed by atoms with E-state index in [4.69, 9.17) is 0 Å². The lowest BCUT2D eigenvalue weighted by Gasteiger charge is -2.42. The summed E-state index contributed by atoms with van der Waals surface area (Å²) < 4.78 is 0. The molecule has 0 bridgehead atoms. The standard InChI is InChI=1S/C56H76N6O6/c1-5-6-7-8-9-10-11-12-13-14-15-22-31-57-52(65)49-38-60(32-33-62(49)55(68)56(2,3)4)53(66)41-27-29-42(30-28-41)54(67)61-36-45(50(63)58-47-34-43(47)39-23-18-16-19-24-39)46(37-61)51(64)59-48-35-44(48)40-25-20-17-21-26-40/h16-21,23-30,43-49H,5-15,22,31-38H2,1-4H3,(H,57,65)(H,58,63)(H,59,64)/t43-,44-,45?,46?,47+,48+,49+/m1/s1. The summed E-state index contributed by atoms with van der Waals surface area (Å²) in [6.07, 6.45) is 16.4. The number of amides is 6. The summed E-state index contributed by atoms with van der Waals surface area (Å²) in [5.41, 5.74) is 2.34. The largest absolute Gasteiger partial charge is 0.354 e. The van der Waals surface area contributed by atoms with Gasteiger partial charge in [0.2, 0.25) is 23.6 Å². The molecule has 6 amide bonds. The summed E-state index contributed by atoms with van der Waals surface area (Å²) in [7, 11) is 0. The lowest BCUT2D eigenvalue weighted by molar-refractivity contribution is -0.149. The van der Waals surface area contributed by atoms with Crippen LogP contribution in [0.25, 0.3) is 0 Å². The van der Waals surface area contributed by atoms with Crippen LogP contribution in [0.3, 0.4) is 0 Å². The van der Waals surface area contributed by atoms with Crippen LogP contribution in [-0.4, -0.2) is 108 Å². The van der Waals surface area contributed by atoms with Gasteiger partial charge < -0.3 is 30.7 Å². The first-order valence-corrected chi connectivity index (χ1v) is 25.8. The molecular weight excluding hydrogens is 853 g/mol.